The second kappa shape index (κ2) is 6.03. The predicted molar refractivity (Wildman–Crippen MR) is 82.2 cm³/mol. The Labute approximate surface area is 127 Å². The van der Waals surface area contributed by atoms with E-state index < -0.39 is 0 Å². The van der Waals surface area contributed by atoms with Crippen LogP contribution in [0.4, 0.5) is 0 Å². The summed E-state index contributed by atoms with van der Waals surface area (Å²) in [5.74, 6) is 0. The van der Waals surface area contributed by atoms with Crippen LogP contribution in [-0.4, -0.2) is 25.8 Å². The number of thioether (sulfide) groups is 1. The Morgan fingerprint density at radius 3 is 2.95 bits per heavy atom. The molecule has 3 N–H and O–H groups in total. The molecule has 2 atom stereocenters. The van der Waals surface area contributed by atoms with E-state index in [0.717, 1.165) is 25.0 Å². The van der Waals surface area contributed by atoms with Crippen molar-refractivity contribution < 1.29 is 0 Å². The van der Waals surface area contributed by atoms with E-state index in [2.05, 4.69) is 22.1 Å². The first kappa shape index (κ1) is 14.3. The first-order valence-electron chi connectivity index (χ1n) is 7.20. The van der Waals surface area contributed by atoms with Crippen LogP contribution in [0.1, 0.15) is 43.2 Å². The molecule has 0 saturated heterocycles. The van der Waals surface area contributed by atoms with Gasteiger partial charge < -0.3 is 5.73 Å². The van der Waals surface area contributed by atoms with E-state index in [1.807, 2.05) is 18.2 Å². The molecule has 112 valence electrons. The van der Waals surface area contributed by atoms with E-state index in [-0.39, 0.29) is 17.0 Å². The minimum Gasteiger partial charge on any atom is -0.326 e. The first-order valence-corrected chi connectivity index (χ1v) is 8.08. The number of aromatic amines is 1. The van der Waals surface area contributed by atoms with Crippen molar-refractivity contribution in [2.75, 3.05) is 0 Å². The molecule has 0 amide bonds. The first-order chi connectivity index (χ1) is 10.2. The normalized spacial score (nSPS) is 17.6. The van der Waals surface area contributed by atoms with E-state index in [4.69, 9.17) is 5.73 Å². The second-order valence-electron chi connectivity index (χ2n) is 5.28. The lowest BCUT2D eigenvalue weighted by Crippen LogP contribution is -2.27. The molecular weight excluding hydrogens is 286 g/mol. The van der Waals surface area contributed by atoms with Gasteiger partial charge in [0.2, 0.25) is 0 Å². The molecule has 2 heterocycles. The Bertz CT molecular complexity index is 649. The fourth-order valence-corrected chi connectivity index (χ4v) is 3.57. The van der Waals surface area contributed by atoms with Crippen LogP contribution in [0.2, 0.25) is 0 Å². The molecule has 0 aliphatic heterocycles. The van der Waals surface area contributed by atoms with Crippen molar-refractivity contribution in [2.24, 2.45) is 5.73 Å². The van der Waals surface area contributed by atoms with E-state index in [9.17, 15) is 4.79 Å². The summed E-state index contributed by atoms with van der Waals surface area (Å²) in [4.78, 5) is 16.3. The molecule has 0 radical (unpaired) electrons. The van der Waals surface area contributed by atoms with Crippen LogP contribution >= 0.6 is 11.8 Å². The Balaban J connectivity index is 1.90. The van der Waals surface area contributed by atoms with E-state index in [0.29, 0.717) is 11.2 Å². The third-order valence-electron chi connectivity index (χ3n) is 3.66. The van der Waals surface area contributed by atoms with Crippen molar-refractivity contribution in [1.82, 2.24) is 19.7 Å². The van der Waals surface area contributed by atoms with Gasteiger partial charge in [-0.2, -0.15) is 0 Å². The quantitative estimate of drug-likeness (QED) is 0.795. The topological polar surface area (TPSA) is 89.6 Å². The van der Waals surface area contributed by atoms with E-state index >= 15 is 0 Å². The number of pyridine rings is 1. The van der Waals surface area contributed by atoms with Gasteiger partial charge >= 0.3 is 5.69 Å². The lowest BCUT2D eigenvalue weighted by molar-refractivity contribution is 0.610. The summed E-state index contributed by atoms with van der Waals surface area (Å²) < 4.78 is 1.75. The Morgan fingerprint density at radius 1 is 1.52 bits per heavy atom. The van der Waals surface area contributed by atoms with Gasteiger partial charge in [0, 0.05) is 18.3 Å². The number of H-pyrrole nitrogens is 1. The molecule has 3 rings (SSSR count). The maximum atomic E-state index is 11.9. The molecule has 0 spiro atoms. The van der Waals surface area contributed by atoms with Crippen LogP contribution in [0.25, 0.3) is 0 Å². The number of hydrogen-bond donors (Lipinski definition) is 2. The summed E-state index contributed by atoms with van der Waals surface area (Å²) in [5, 5.41) is 7.41. The van der Waals surface area contributed by atoms with Crippen molar-refractivity contribution in [3.8, 4) is 0 Å². The average Bonchev–Trinajstić information content (AvgIpc) is 3.28. The fourth-order valence-electron chi connectivity index (χ4n) is 2.27. The van der Waals surface area contributed by atoms with Gasteiger partial charge in [0.25, 0.3) is 0 Å². The van der Waals surface area contributed by atoms with Gasteiger partial charge in [0.05, 0.1) is 10.9 Å². The van der Waals surface area contributed by atoms with Gasteiger partial charge in [-0.25, -0.2) is 9.89 Å². The zero-order valence-corrected chi connectivity index (χ0v) is 12.7. The summed E-state index contributed by atoms with van der Waals surface area (Å²) >= 11 is 1.52. The Hall–Kier alpha value is -1.60. The second-order valence-corrected chi connectivity index (χ2v) is 6.39. The van der Waals surface area contributed by atoms with Gasteiger partial charge in [-0.1, -0.05) is 24.8 Å². The zero-order chi connectivity index (χ0) is 14.8. The maximum absolute atomic E-state index is 11.9. The average molecular weight is 305 g/mol. The molecule has 21 heavy (non-hydrogen) atoms. The molecule has 1 fully saturated rings. The van der Waals surface area contributed by atoms with Gasteiger partial charge in [0.15, 0.2) is 5.16 Å². The molecule has 2 aromatic heterocycles. The molecule has 1 aliphatic carbocycles. The minimum atomic E-state index is -0.134. The maximum Gasteiger partial charge on any atom is 0.344 e. The summed E-state index contributed by atoms with van der Waals surface area (Å²) in [6.07, 6.45) is 4.69. The monoisotopic (exact) mass is 305 g/mol. The van der Waals surface area contributed by atoms with Crippen molar-refractivity contribution in [3.63, 3.8) is 0 Å². The minimum absolute atomic E-state index is 0.0103. The van der Waals surface area contributed by atoms with Crippen LogP contribution in [0.5, 0.6) is 0 Å². The fraction of sp³-hybridized carbons (Fsp3) is 0.500. The Morgan fingerprint density at radius 2 is 2.33 bits per heavy atom. The molecule has 2 unspecified atom stereocenters. The number of nitrogens with one attached hydrogen (secondary N) is 1. The van der Waals surface area contributed by atoms with Crippen LogP contribution in [0.3, 0.4) is 0 Å². The van der Waals surface area contributed by atoms with E-state index in [1.54, 1.807) is 10.8 Å². The molecular formula is C14H19N5OS. The summed E-state index contributed by atoms with van der Waals surface area (Å²) in [7, 11) is 0. The molecule has 0 bridgehead atoms. The van der Waals surface area contributed by atoms with Gasteiger partial charge in [-0.3, -0.25) is 9.55 Å². The summed E-state index contributed by atoms with van der Waals surface area (Å²) in [6, 6.07) is 6.07. The SMILES string of the molecule is CCC(N)C(Sc1n[nH]c(=O)n1C1CC1)c1ccccn1. The number of nitrogens with zero attached hydrogens (tertiary/aromatic N) is 3. The lowest BCUT2D eigenvalue weighted by atomic mass is 10.1. The molecule has 0 aromatic carbocycles. The van der Waals surface area contributed by atoms with Crippen molar-refractivity contribution in [2.45, 2.75) is 48.7 Å². The highest BCUT2D eigenvalue weighted by Crippen LogP contribution is 2.40. The third kappa shape index (κ3) is 3.03. The largest absolute Gasteiger partial charge is 0.344 e. The van der Waals surface area contributed by atoms with Gasteiger partial charge in [-0.15, -0.1) is 5.10 Å². The lowest BCUT2D eigenvalue weighted by Gasteiger charge is -2.21. The van der Waals surface area contributed by atoms with Crippen molar-refractivity contribution >= 4 is 11.8 Å². The number of hydrogen-bond acceptors (Lipinski definition) is 5. The molecule has 2 aromatic rings. The van der Waals surface area contributed by atoms with Crippen molar-refractivity contribution in [3.05, 3.63) is 40.6 Å². The predicted octanol–water partition coefficient (Wildman–Crippen LogP) is 1.87. The number of rotatable bonds is 6. The third-order valence-corrected chi connectivity index (χ3v) is 5.00. The number of aromatic nitrogens is 4. The van der Waals surface area contributed by atoms with Crippen LogP contribution in [0.15, 0.2) is 34.3 Å². The summed E-state index contributed by atoms with van der Waals surface area (Å²) in [6.45, 7) is 2.06. The van der Waals surface area contributed by atoms with Crippen LogP contribution < -0.4 is 11.4 Å². The van der Waals surface area contributed by atoms with Gasteiger partial charge in [-0.05, 0) is 31.4 Å². The smallest absolute Gasteiger partial charge is 0.326 e. The van der Waals surface area contributed by atoms with Crippen molar-refractivity contribution in [1.29, 1.82) is 0 Å². The molecule has 1 aliphatic rings. The molecule has 1 saturated carbocycles. The van der Waals surface area contributed by atoms with E-state index in [1.165, 1.54) is 11.8 Å². The Kier molecular flexibility index (Phi) is 4.12. The highest BCUT2D eigenvalue weighted by atomic mass is 32.2. The molecule has 6 nitrogen and oxygen atoms in total. The van der Waals surface area contributed by atoms with Crippen LogP contribution in [0, 0.1) is 0 Å². The highest BCUT2D eigenvalue weighted by molar-refractivity contribution is 7.99. The zero-order valence-electron chi connectivity index (χ0n) is 11.9. The number of nitrogens with two attached hydrogens (primary N) is 1. The van der Waals surface area contributed by atoms with Crippen LogP contribution in [-0.2, 0) is 0 Å². The molecule has 7 heteroatoms. The standard InChI is InChI=1S/C14H19N5OS/c1-2-10(15)12(11-5-3-4-8-16-11)21-14-18-17-13(20)19(14)9-6-7-9/h3-5,8-10,12H,2,6-7,15H2,1H3,(H,17,20). The highest BCUT2D eigenvalue weighted by Gasteiger charge is 2.31. The van der Waals surface area contributed by atoms with Gasteiger partial charge in [0.1, 0.15) is 0 Å². The summed E-state index contributed by atoms with van der Waals surface area (Å²) in [5.41, 5.74) is 7.05.